The van der Waals surface area contributed by atoms with Crippen LogP contribution in [0.15, 0.2) is 30.3 Å². The third kappa shape index (κ3) is 2.02. The number of H-pyrrole nitrogens is 1. The van der Waals surface area contributed by atoms with Gasteiger partial charge in [-0.2, -0.15) is 5.10 Å². The van der Waals surface area contributed by atoms with Crippen molar-refractivity contribution < 1.29 is 0 Å². The first-order chi connectivity index (χ1) is 9.58. The fourth-order valence-electron chi connectivity index (χ4n) is 2.35. The topological polar surface area (TPSA) is 46.5 Å². The minimum atomic E-state index is 0.593. The van der Waals surface area contributed by atoms with Crippen molar-refractivity contribution in [3.63, 3.8) is 0 Å². The molecule has 0 aliphatic rings. The van der Waals surface area contributed by atoms with Crippen LogP contribution in [0.2, 0.25) is 5.15 Å². The lowest BCUT2D eigenvalue weighted by Gasteiger charge is -1.97. The largest absolute Gasteiger partial charge is 0.341 e. The number of imidazole rings is 1. The number of rotatable bonds is 2. The first-order valence-corrected chi connectivity index (χ1v) is 6.77. The van der Waals surface area contributed by atoms with Gasteiger partial charge in [0.25, 0.3) is 0 Å². The van der Waals surface area contributed by atoms with Gasteiger partial charge in [0.2, 0.25) is 0 Å². The summed E-state index contributed by atoms with van der Waals surface area (Å²) in [5.74, 6) is 0.761. The zero-order valence-corrected chi connectivity index (χ0v) is 12.4. The van der Waals surface area contributed by atoms with E-state index >= 15 is 0 Å². The molecule has 2 aromatic heterocycles. The van der Waals surface area contributed by atoms with Gasteiger partial charge in [-0.25, -0.2) is 4.98 Å². The van der Waals surface area contributed by atoms with Crippen molar-refractivity contribution in [2.24, 2.45) is 7.05 Å². The highest BCUT2D eigenvalue weighted by molar-refractivity contribution is 6.32. The average Bonchev–Trinajstić information content (AvgIpc) is 2.92. The second-order valence-corrected chi connectivity index (χ2v) is 5.16. The number of aromatic amines is 1. The fourth-order valence-corrected chi connectivity index (χ4v) is 2.62. The predicted molar refractivity (Wildman–Crippen MR) is 80.7 cm³/mol. The molecule has 0 saturated carbocycles. The van der Waals surface area contributed by atoms with E-state index in [1.807, 2.05) is 51.2 Å². The van der Waals surface area contributed by atoms with E-state index in [-0.39, 0.29) is 0 Å². The van der Waals surface area contributed by atoms with Gasteiger partial charge < -0.3 is 4.98 Å². The Balaban J connectivity index is 2.14. The van der Waals surface area contributed by atoms with E-state index in [1.165, 1.54) is 0 Å². The number of benzene rings is 1. The predicted octanol–water partition coefficient (Wildman–Crippen LogP) is 3.75. The summed E-state index contributed by atoms with van der Waals surface area (Å²) in [5, 5.41) is 4.92. The number of aromatic nitrogens is 4. The molecule has 0 aliphatic carbocycles. The Bertz CT molecular complexity index is 756. The molecule has 20 heavy (non-hydrogen) atoms. The van der Waals surface area contributed by atoms with Crippen molar-refractivity contribution in [3.05, 3.63) is 46.9 Å². The molecule has 3 aromatic rings. The van der Waals surface area contributed by atoms with Gasteiger partial charge in [-0.05, 0) is 13.8 Å². The molecule has 5 heteroatoms. The molecule has 3 rings (SSSR count). The number of halogens is 1. The van der Waals surface area contributed by atoms with Gasteiger partial charge in [0, 0.05) is 18.3 Å². The maximum atomic E-state index is 6.30. The molecule has 0 unspecified atom stereocenters. The quantitative estimate of drug-likeness (QED) is 0.780. The Morgan fingerprint density at radius 2 is 1.85 bits per heavy atom. The Labute approximate surface area is 122 Å². The summed E-state index contributed by atoms with van der Waals surface area (Å²) >= 11 is 6.30. The Hall–Kier alpha value is -2.07. The number of hydrogen-bond acceptors (Lipinski definition) is 2. The van der Waals surface area contributed by atoms with Gasteiger partial charge in [-0.3, -0.25) is 4.68 Å². The molecule has 0 spiro atoms. The minimum absolute atomic E-state index is 0.593. The zero-order chi connectivity index (χ0) is 14.3. The van der Waals surface area contributed by atoms with Crippen molar-refractivity contribution in [2.75, 3.05) is 0 Å². The van der Waals surface area contributed by atoms with Crippen LogP contribution in [0.4, 0.5) is 0 Å². The summed E-state index contributed by atoms with van der Waals surface area (Å²) < 4.78 is 1.66. The second-order valence-electron chi connectivity index (χ2n) is 4.80. The second kappa shape index (κ2) is 4.80. The van der Waals surface area contributed by atoms with Crippen LogP contribution in [-0.2, 0) is 7.05 Å². The van der Waals surface area contributed by atoms with E-state index in [1.54, 1.807) is 4.68 Å². The number of aryl methyl sites for hydroxylation is 3. The number of nitrogens with one attached hydrogen (secondary N) is 1. The normalized spacial score (nSPS) is 11.0. The lowest BCUT2D eigenvalue weighted by molar-refractivity contribution is 0.757. The van der Waals surface area contributed by atoms with Gasteiger partial charge in [-0.15, -0.1) is 0 Å². The highest BCUT2D eigenvalue weighted by Gasteiger charge is 2.18. The summed E-state index contributed by atoms with van der Waals surface area (Å²) in [4.78, 5) is 8.00. The maximum Gasteiger partial charge on any atom is 0.143 e. The fraction of sp³-hybridized carbons (Fsp3) is 0.200. The molecular weight excluding hydrogens is 272 g/mol. The van der Waals surface area contributed by atoms with Crippen molar-refractivity contribution in [1.82, 2.24) is 19.7 Å². The van der Waals surface area contributed by atoms with Crippen LogP contribution in [0.25, 0.3) is 22.6 Å². The van der Waals surface area contributed by atoms with Crippen LogP contribution < -0.4 is 0 Å². The van der Waals surface area contributed by atoms with Crippen LogP contribution >= 0.6 is 11.6 Å². The van der Waals surface area contributed by atoms with E-state index in [0.29, 0.717) is 5.15 Å². The average molecular weight is 287 g/mol. The summed E-state index contributed by atoms with van der Waals surface area (Å²) in [5.41, 5.74) is 4.78. The monoisotopic (exact) mass is 286 g/mol. The van der Waals surface area contributed by atoms with Gasteiger partial charge in [0.05, 0.1) is 17.0 Å². The Kier molecular flexibility index (Phi) is 3.10. The maximum absolute atomic E-state index is 6.30. The first kappa shape index (κ1) is 12.9. The molecule has 0 amide bonds. The van der Waals surface area contributed by atoms with E-state index < -0.39 is 0 Å². The van der Waals surface area contributed by atoms with Crippen molar-refractivity contribution in [3.8, 4) is 22.6 Å². The summed E-state index contributed by atoms with van der Waals surface area (Å²) in [6, 6.07) is 10.1. The van der Waals surface area contributed by atoms with Gasteiger partial charge in [0.1, 0.15) is 11.0 Å². The van der Waals surface area contributed by atoms with Crippen LogP contribution in [0.3, 0.4) is 0 Å². The molecular formula is C15H15ClN4. The summed E-state index contributed by atoms with van der Waals surface area (Å²) in [7, 11) is 1.83. The third-order valence-electron chi connectivity index (χ3n) is 3.32. The molecule has 0 radical (unpaired) electrons. The molecule has 1 N–H and O–H groups in total. The van der Waals surface area contributed by atoms with Crippen molar-refractivity contribution >= 4 is 11.6 Å². The van der Waals surface area contributed by atoms with Crippen LogP contribution in [-0.4, -0.2) is 19.7 Å². The molecule has 2 heterocycles. The molecule has 0 fully saturated rings. The molecule has 102 valence electrons. The van der Waals surface area contributed by atoms with Gasteiger partial charge in [-0.1, -0.05) is 41.9 Å². The van der Waals surface area contributed by atoms with Crippen LogP contribution in [0.5, 0.6) is 0 Å². The number of hydrogen-bond donors (Lipinski definition) is 1. The van der Waals surface area contributed by atoms with Gasteiger partial charge in [0.15, 0.2) is 0 Å². The number of nitrogens with zero attached hydrogens (tertiary/aromatic N) is 3. The summed E-state index contributed by atoms with van der Waals surface area (Å²) in [6.45, 7) is 3.94. The van der Waals surface area contributed by atoms with Crippen molar-refractivity contribution in [1.29, 1.82) is 0 Å². The minimum Gasteiger partial charge on any atom is -0.341 e. The SMILES string of the molecule is Cc1nn(C)c(Cl)c1-c1nc(-c2ccccc2)c(C)[nH]1. The molecule has 0 aliphatic heterocycles. The standard InChI is InChI=1S/C15H15ClN4/c1-9-12(14(16)20(3)19-9)15-17-10(2)13(18-15)11-7-5-4-6-8-11/h4-8H,1-3H3,(H,17,18). The molecule has 0 atom stereocenters. The highest BCUT2D eigenvalue weighted by Crippen LogP contribution is 2.31. The molecule has 1 aromatic carbocycles. The lowest BCUT2D eigenvalue weighted by Crippen LogP contribution is -1.89. The lowest BCUT2D eigenvalue weighted by atomic mass is 10.1. The summed E-state index contributed by atoms with van der Waals surface area (Å²) in [6.07, 6.45) is 0. The highest BCUT2D eigenvalue weighted by atomic mass is 35.5. The molecule has 0 bridgehead atoms. The molecule has 4 nitrogen and oxygen atoms in total. The smallest absolute Gasteiger partial charge is 0.143 e. The van der Waals surface area contributed by atoms with E-state index in [9.17, 15) is 0 Å². The Morgan fingerprint density at radius 3 is 2.45 bits per heavy atom. The Morgan fingerprint density at radius 1 is 1.15 bits per heavy atom. The first-order valence-electron chi connectivity index (χ1n) is 6.39. The van der Waals surface area contributed by atoms with Gasteiger partial charge >= 0.3 is 0 Å². The van der Waals surface area contributed by atoms with Crippen LogP contribution in [0.1, 0.15) is 11.4 Å². The zero-order valence-electron chi connectivity index (χ0n) is 11.6. The van der Waals surface area contributed by atoms with E-state index in [0.717, 1.165) is 34.0 Å². The van der Waals surface area contributed by atoms with E-state index in [2.05, 4.69) is 10.1 Å². The third-order valence-corrected chi connectivity index (χ3v) is 3.75. The van der Waals surface area contributed by atoms with E-state index in [4.69, 9.17) is 16.6 Å². The van der Waals surface area contributed by atoms with Crippen molar-refractivity contribution in [2.45, 2.75) is 13.8 Å². The van der Waals surface area contributed by atoms with Crippen LogP contribution in [0, 0.1) is 13.8 Å². The molecule has 0 saturated heterocycles.